The number of nitrogens with one attached hydrogen (secondary N) is 2. The summed E-state index contributed by atoms with van der Waals surface area (Å²) in [7, 11) is 0. The molecule has 0 unspecified atom stereocenters. The molecule has 2 N–H and O–H groups in total. The number of hydrazone groups is 1. The van der Waals surface area contributed by atoms with Gasteiger partial charge in [-0.15, -0.1) is 0 Å². The maximum atomic E-state index is 5.66. The number of anilines is 2. The summed E-state index contributed by atoms with van der Waals surface area (Å²) in [6.07, 6.45) is 7.50. The first-order valence-corrected chi connectivity index (χ1v) is 13.0. The van der Waals surface area contributed by atoms with Crippen LogP contribution in [0.4, 0.5) is 11.5 Å². The molecule has 3 atom stereocenters. The predicted molar refractivity (Wildman–Crippen MR) is 146 cm³/mol. The fourth-order valence-electron chi connectivity index (χ4n) is 4.95. The topological polar surface area (TPSA) is 67.8 Å². The van der Waals surface area contributed by atoms with Crippen molar-refractivity contribution in [3.05, 3.63) is 85.5 Å². The molecule has 0 fully saturated rings. The molecule has 0 bridgehead atoms. The highest BCUT2D eigenvalue weighted by Gasteiger charge is 2.39. The van der Waals surface area contributed by atoms with Crippen molar-refractivity contribution >= 4 is 55.7 Å². The molecule has 0 saturated carbocycles. The van der Waals surface area contributed by atoms with Gasteiger partial charge in [-0.3, -0.25) is 5.43 Å². The van der Waals surface area contributed by atoms with Crippen molar-refractivity contribution in [1.82, 2.24) is 4.98 Å². The van der Waals surface area contributed by atoms with E-state index in [2.05, 4.69) is 95.8 Å². The number of nitrogens with zero attached hydrogens (tertiary/aromatic N) is 2. The molecule has 6 rings (SSSR count). The summed E-state index contributed by atoms with van der Waals surface area (Å²) >= 11 is 6.01. The molecular weight excluding hydrogens is 605 g/mol. The number of pyridine rings is 1. The van der Waals surface area contributed by atoms with Crippen molar-refractivity contribution < 1.29 is 9.47 Å². The Morgan fingerprint density at radius 1 is 1.15 bits per heavy atom. The average Bonchev–Trinajstić information content (AvgIpc) is 3.52. The Kier molecular flexibility index (Phi) is 5.73. The number of allylic oxidation sites excluding steroid dienone is 2. The lowest BCUT2D eigenvalue weighted by molar-refractivity contribution is 0.174. The van der Waals surface area contributed by atoms with Gasteiger partial charge in [0.25, 0.3) is 0 Å². The van der Waals surface area contributed by atoms with Crippen LogP contribution in [0.3, 0.4) is 0 Å². The van der Waals surface area contributed by atoms with Crippen molar-refractivity contribution in [3.8, 4) is 11.5 Å². The number of rotatable bonds is 4. The Balaban J connectivity index is 1.30. The highest BCUT2D eigenvalue weighted by atomic mass is 125. The molecule has 0 radical (unpaired) electrons. The van der Waals surface area contributed by atoms with E-state index in [9.17, 15) is 0 Å². The fourth-order valence-corrected chi connectivity index (χ4v) is 5.83. The van der Waals surface area contributed by atoms with E-state index in [4.69, 9.17) is 9.47 Å². The van der Waals surface area contributed by atoms with Crippen LogP contribution in [-0.4, -0.2) is 17.5 Å². The van der Waals surface area contributed by atoms with Gasteiger partial charge >= 0.3 is 0 Å². The molecule has 0 amide bonds. The molecule has 0 saturated heterocycles. The third-order valence-corrected chi connectivity index (χ3v) is 8.00. The Hall–Kier alpha value is -2.59. The van der Waals surface area contributed by atoms with E-state index in [1.807, 2.05) is 31.3 Å². The third-order valence-electron chi connectivity index (χ3n) is 6.67. The van der Waals surface area contributed by atoms with Crippen molar-refractivity contribution in [2.45, 2.75) is 25.3 Å². The normalized spacial score (nSPS) is 22.2. The molecule has 2 aromatic carbocycles. The van der Waals surface area contributed by atoms with Crippen LogP contribution in [0, 0.1) is 9.49 Å². The van der Waals surface area contributed by atoms with Gasteiger partial charge in [-0.2, -0.15) is 5.10 Å². The van der Waals surface area contributed by atoms with Gasteiger partial charge < -0.3 is 14.8 Å². The number of hydrogen-bond acceptors (Lipinski definition) is 6. The van der Waals surface area contributed by atoms with Gasteiger partial charge in [0.1, 0.15) is 5.82 Å². The first-order chi connectivity index (χ1) is 16.6. The van der Waals surface area contributed by atoms with Gasteiger partial charge in [-0.25, -0.2) is 4.98 Å². The summed E-state index contributed by atoms with van der Waals surface area (Å²) < 4.78 is 13.3. The average molecular weight is 627 g/mol. The minimum absolute atomic E-state index is 0.172. The van der Waals surface area contributed by atoms with E-state index < -0.39 is 0 Å². The molecule has 8 heteroatoms. The molecule has 3 aliphatic rings. The lowest BCUT2D eigenvalue weighted by Gasteiger charge is -2.38. The number of benzene rings is 2. The summed E-state index contributed by atoms with van der Waals surface area (Å²) in [5.41, 5.74) is 8.75. The van der Waals surface area contributed by atoms with Crippen molar-refractivity contribution in [1.29, 1.82) is 0 Å². The summed E-state index contributed by atoms with van der Waals surface area (Å²) in [5, 5.41) is 8.38. The summed E-state index contributed by atoms with van der Waals surface area (Å²) in [4.78, 5) is 4.36. The molecule has 172 valence electrons. The van der Waals surface area contributed by atoms with Gasteiger partial charge in [-0.05, 0) is 94.9 Å². The van der Waals surface area contributed by atoms with E-state index in [0.717, 1.165) is 48.7 Å². The Morgan fingerprint density at radius 2 is 2.00 bits per heavy atom. The van der Waals surface area contributed by atoms with Crippen LogP contribution in [-0.2, 0) is 0 Å². The van der Waals surface area contributed by atoms with Crippen molar-refractivity contribution in [2.75, 3.05) is 17.5 Å². The first kappa shape index (κ1) is 21.9. The van der Waals surface area contributed by atoms with Gasteiger partial charge in [0.2, 0.25) is 6.79 Å². The quantitative estimate of drug-likeness (QED) is 0.144. The maximum Gasteiger partial charge on any atom is 0.231 e. The van der Waals surface area contributed by atoms with Crippen molar-refractivity contribution in [3.63, 3.8) is 0 Å². The molecule has 0 spiro atoms. The van der Waals surface area contributed by atoms with Gasteiger partial charge in [0.15, 0.2) is 11.5 Å². The largest absolute Gasteiger partial charge is 0.454 e. The van der Waals surface area contributed by atoms with Gasteiger partial charge in [-0.1, -0.05) is 34.1 Å². The molecule has 6 nitrogen and oxygen atoms in total. The van der Waals surface area contributed by atoms with Gasteiger partial charge in [0, 0.05) is 25.8 Å². The monoisotopic (exact) mass is 626 g/mol. The van der Waals surface area contributed by atoms with E-state index in [1.165, 1.54) is 11.1 Å². The molecule has 34 heavy (non-hydrogen) atoms. The van der Waals surface area contributed by atoms with Gasteiger partial charge in [0.05, 0.1) is 11.8 Å². The molecule has 1 aromatic heterocycles. The molecular formula is C26H22BrIN4O2. The number of aromatic nitrogens is 1. The van der Waals surface area contributed by atoms with E-state index in [-0.39, 0.29) is 12.8 Å². The van der Waals surface area contributed by atoms with Crippen LogP contribution in [0.5, 0.6) is 11.5 Å². The zero-order chi connectivity index (χ0) is 23.2. The fraction of sp³-hybridized carbons (Fsp3) is 0.231. The minimum Gasteiger partial charge on any atom is -0.454 e. The number of hydrogen-bond donors (Lipinski definition) is 2. The molecule has 1 aliphatic carbocycles. The summed E-state index contributed by atoms with van der Waals surface area (Å²) in [6.45, 7) is 2.30. The highest BCUT2D eigenvalue weighted by Crippen LogP contribution is 2.52. The number of ether oxygens (including phenoxy) is 2. The van der Waals surface area contributed by atoms with E-state index in [1.54, 1.807) is 0 Å². The first-order valence-electron chi connectivity index (χ1n) is 11.2. The lowest BCUT2D eigenvalue weighted by Crippen LogP contribution is -2.29. The summed E-state index contributed by atoms with van der Waals surface area (Å²) in [5.74, 6) is 3.10. The standard InChI is InChI=1S/C26H22BrIN4O2/c1-14(31-32-25-8-6-16(28)12-29-25)15-5-7-22-19(9-15)17-3-2-4-18(17)26(30-22)20-10-23-24(11-21(20)27)34-13-33-23/h2-3,5-12,17-18,26,30H,4,13H2,1H3,(H,29,32)/b31-14+/t17-,18+,26-/m1/s1/i28-2. The lowest BCUT2D eigenvalue weighted by atomic mass is 9.76. The molecule has 2 aliphatic heterocycles. The Bertz CT molecular complexity index is 1330. The van der Waals surface area contributed by atoms with Crippen molar-refractivity contribution in [2.24, 2.45) is 11.0 Å². The Morgan fingerprint density at radius 3 is 2.82 bits per heavy atom. The third kappa shape index (κ3) is 3.96. The molecule has 3 heterocycles. The van der Waals surface area contributed by atoms with Crippen LogP contribution >= 0.6 is 38.5 Å². The second kappa shape index (κ2) is 8.88. The van der Waals surface area contributed by atoms with E-state index >= 15 is 0 Å². The SMILES string of the molecule is C/C(=N\Nc1ccc([125I])cn1)c1ccc2c(c1)[C@@H]1C=CC[C@@H]1[C@H](c1cc3c(cc1Br)OCO3)N2. The smallest absolute Gasteiger partial charge is 0.231 e. The molecule has 3 aromatic rings. The highest BCUT2D eigenvalue weighted by molar-refractivity contribution is 14.1. The minimum atomic E-state index is 0.172. The second-order valence-electron chi connectivity index (χ2n) is 8.68. The van der Waals surface area contributed by atoms with Crippen LogP contribution in [0.25, 0.3) is 0 Å². The van der Waals surface area contributed by atoms with Crippen LogP contribution in [0.15, 0.2) is 70.4 Å². The van der Waals surface area contributed by atoms with E-state index in [0.29, 0.717) is 11.8 Å². The second-order valence-corrected chi connectivity index (χ2v) is 10.8. The predicted octanol–water partition coefficient (Wildman–Crippen LogP) is 6.84. The van der Waals surface area contributed by atoms with Crippen LogP contribution < -0.4 is 20.2 Å². The Labute approximate surface area is 220 Å². The van der Waals surface area contributed by atoms with Crippen LogP contribution in [0.1, 0.15) is 42.0 Å². The summed E-state index contributed by atoms with van der Waals surface area (Å²) in [6, 6.07) is 14.8. The maximum absolute atomic E-state index is 5.66. The zero-order valence-corrected chi connectivity index (χ0v) is 22.1. The zero-order valence-electron chi connectivity index (χ0n) is 18.4. The number of fused-ring (bicyclic) bond motifs is 4. The van der Waals surface area contributed by atoms with Crippen LogP contribution in [0.2, 0.25) is 0 Å². The number of halogens is 2.